The number of likely N-dealkylation sites (N-methyl/N-ethyl adjacent to an activating group) is 1. The van der Waals surface area contributed by atoms with Crippen LogP contribution in [0.25, 0.3) is 10.9 Å². The van der Waals surface area contributed by atoms with Crippen LogP contribution in [0.2, 0.25) is 0 Å². The normalized spacial score (nSPS) is 30.4. The molecule has 3 aliphatic heterocycles. The fraction of sp³-hybridized carbons (Fsp3) is 0.706. The lowest BCUT2D eigenvalue weighted by Crippen LogP contribution is -2.49. The summed E-state index contributed by atoms with van der Waals surface area (Å²) >= 11 is 0. The molecular weight excluding hydrogens is 859 g/mol. The van der Waals surface area contributed by atoms with Crippen LogP contribution in [0, 0.1) is 35.5 Å². The summed E-state index contributed by atoms with van der Waals surface area (Å²) < 4.78 is 47.6. The van der Waals surface area contributed by atoms with E-state index in [1.807, 2.05) is 33.8 Å². The number of amides is 2. The van der Waals surface area contributed by atoms with Crippen LogP contribution in [0.1, 0.15) is 122 Å². The minimum absolute atomic E-state index is 0.0470. The van der Waals surface area contributed by atoms with Gasteiger partial charge in [0, 0.05) is 37.4 Å². The number of benzene rings is 1. The van der Waals surface area contributed by atoms with E-state index in [1.165, 1.54) is 0 Å². The third-order valence-corrected chi connectivity index (χ3v) is 17.9. The van der Waals surface area contributed by atoms with Crippen molar-refractivity contribution in [1.82, 2.24) is 24.4 Å². The average Bonchev–Trinajstić information content (AvgIpc) is 4.20. The van der Waals surface area contributed by atoms with Crippen LogP contribution in [0.4, 0.5) is 0 Å². The number of fused-ring (bicyclic) bond motifs is 5. The number of likely N-dealkylation sites (tertiary alicyclic amines) is 1. The SMILES string of the molecule is C=C[C@@H]1C[C@]1(CC(=O)[C@@H]1C[C@@H]2CN1C(=O)[C@H](C(C)(C)C)CC(=O)O[C@@H]1C[C@H]1CCCCCc1c(nc3cc(C)ccc3c1OCCCN1CC[C@H](N(C)C)C1)O2)C(=O)NS(=O)(=O)C1(C)CC1. The second kappa shape index (κ2) is 18.8. The number of pyridine rings is 1. The highest BCUT2D eigenvalue weighted by atomic mass is 32.2. The van der Waals surface area contributed by atoms with Gasteiger partial charge in [-0.2, -0.15) is 0 Å². The first-order chi connectivity index (χ1) is 31.2. The summed E-state index contributed by atoms with van der Waals surface area (Å²) in [4.78, 5) is 68.9. The molecule has 1 aromatic heterocycles. The topological polar surface area (TPSA) is 165 Å². The van der Waals surface area contributed by atoms with Crippen molar-refractivity contribution in [3.05, 3.63) is 42.0 Å². The second-order valence-corrected chi connectivity index (χ2v) is 24.3. The van der Waals surface area contributed by atoms with Crippen molar-refractivity contribution >= 4 is 44.5 Å². The molecule has 15 heteroatoms. The monoisotopic (exact) mass is 932 g/mol. The molecule has 2 saturated heterocycles. The molecule has 3 saturated carbocycles. The molecule has 8 rings (SSSR count). The molecule has 66 heavy (non-hydrogen) atoms. The number of allylic oxidation sites excluding steroid dienone is 1. The van der Waals surface area contributed by atoms with Crippen LogP contribution in [0.5, 0.6) is 11.6 Å². The Kier molecular flexibility index (Phi) is 13.8. The van der Waals surface area contributed by atoms with Gasteiger partial charge >= 0.3 is 5.97 Å². The van der Waals surface area contributed by atoms with Gasteiger partial charge in [-0.25, -0.2) is 13.4 Å². The molecule has 2 aromatic rings. The lowest BCUT2D eigenvalue weighted by Gasteiger charge is -2.34. The standard InChI is InChI=1S/C51H73N5O9S/c1-9-34-28-51(34,48(60)53-66(61,62)50(6)19-20-50)29-42(57)41-26-36-31-56(41)47(59)39(49(3,4)5)27-44(58)65-43-25-33(43)14-11-10-12-15-38-45(37-17-16-32(2)24-40(37)52-46(38)64-36)63-23-13-21-55-22-18-35(30-55)54(7)8/h9,16-17,24,33-36,39,41,43H,1,10-15,18-23,25-31H2,2-8H3,(H,53,60)/t33-,34-,35+,36-,39-,41+,43-,51-/m1/s1. The zero-order chi connectivity index (χ0) is 47.3. The van der Waals surface area contributed by atoms with Crippen molar-refractivity contribution in [2.45, 2.75) is 154 Å². The van der Waals surface area contributed by atoms with Crippen molar-refractivity contribution in [3.8, 4) is 11.6 Å². The van der Waals surface area contributed by atoms with Gasteiger partial charge in [-0.05, 0) is 127 Å². The van der Waals surface area contributed by atoms with E-state index in [-0.39, 0.29) is 50.0 Å². The smallest absolute Gasteiger partial charge is 0.306 e. The Balaban J connectivity index is 1.11. The lowest BCUT2D eigenvalue weighted by atomic mass is 9.77. The predicted molar refractivity (Wildman–Crippen MR) is 252 cm³/mol. The van der Waals surface area contributed by atoms with E-state index in [1.54, 1.807) is 17.9 Å². The third-order valence-electron chi connectivity index (χ3n) is 15.7. The predicted octanol–water partition coefficient (Wildman–Crippen LogP) is 6.55. The number of rotatable bonds is 13. The number of aryl methyl sites for hydroxylation is 1. The number of hydrogen-bond donors (Lipinski definition) is 1. The van der Waals surface area contributed by atoms with Crippen LogP contribution in [-0.2, 0) is 40.4 Å². The Morgan fingerprint density at radius 2 is 1.85 bits per heavy atom. The summed E-state index contributed by atoms with van der Waals surface area (Å²) in [6.07, 6.45) is 8.86. The van der Waals surface area contributed by atoms with E-state index >= 15 is 4.79 Å². The van der Waals surface area contributed by atoms with Crippen molar-refractivity contribution in [2.24, 2.45) is 28.6 Å². The Morgan fingerprint density at radius 3 is 2.53 bits per heavy atom. The minimum atomic E-state index is -3.97. The Bertz CT molecular complexity index is 2320. The van der Waals surface area contributed by atoms with Gasteiger partial charge in [0.05, 0.1) is 52.8 Å². The molecule has 8 atom stereocenters. The molecular formula is C51H73N5O9S. The van der Waals surface area contributed by atoms with E-state index in [0.717, 1.165) is 92.4 Å². The van der Waals surface area contributed by atoms with Gasteiger partial charge in [-0.1, -0.05) is 45.8 Å². The van der Waals surface area contributed by atoms with Gasteiger partial charge in [-0.3, -0.25) is 23.9 Å². The first-order valence-corrected chi connectivity index (χ1v) is 26.0. The van der Waals surface area contributed by atoms with Crippen molar-refractivity contribution < 1.29 is 41.8 Å². The highest BCUT2D eigenvalue weighted by molar-refractivity contribution is 7.91. The molecule has 4 heterocycles. The van der Waals surface area contributed by atoms with Crippen molar-refractivity contribution in [1.29, 1.82) is 0 Å². The molecule has 2 bridgehead atoms. The number of ketones is 1. The summed E-state index contributed by atoms with van der Waals surface area (Å²) in [6, 6.07) is 5.72. The van der Waals surface area contributed by atoms with Crippen LogP contribution in [-0.4, -0.2) is 128 Å². The molecule has 1 N–H and O–H groups in total. The molecule has 0 unspecified atom stereocenters. The van der Waals surface area contributed by atoms with E-state index in [9.17, 15) is 22.8 Å². The van der Waals surface area contributed by atoms with Crippen LogP contribution in [0.3, 0.4) is 0 Å². The van der Waals surface area contributed by atoms with Gasteiger partial charge in [0.1, 0.15) is 18.0 Å². The number of Topliss-reactive ketones (excluding diaryl/α,β-unsaturated/α-hetero) is 1. The van der Waals surface area contributed by atoms with Crippen LogP contribution >= 0.6 is 0 Å². The molecule has 0 radical (unpaired) electrons. The van der Waals surface area contributed by atoms with Crippen molar-refractivity contribution in [2.75, 3.05) is 46.9 Å². The summed E-state index contributed by atoms with van der Waals surface area (Å²) in [5, 5.41) is 0.911. The Labute approximate surface area is 392 Å². The summed E-state index contributed by atoms with van der Waals surface area (Å²) in [5.41, 5.74) is 0.647. The van der Waals surface area contributed by atoms with E-state index in [2.05, 4.69) is 47.3 Å². The van der Waals surface area contributed by atoms with Gasteiger partial charge in [0.25, 0.3) is 0 Å². The maximum absolute atomic E-state index is 15.0. The fourth-order valence-electron chi connectivity index (χ4n) is 10.6. The maximum atomic E-state index is 15.0. The van der Waals surface area contributed by atoms with Crippen LogP contribution < -0.4 is 14.2 Å². The average molecular weight is 932 g/mol. The van der Waals surface area contributed by atoms with Gasteiger partial charge in [0.15, 0.2) is 5.78 Å². The van der Waals surface area contributed by atoms with Gasteiger partial charge < -0.3 is 28.9 Å². The quantitative estimate of drug-likeness (QED) is 0.131. The first-order valence-electron chi connectivity index (χ1n) is 24.6. The highest BCUT2D eigenvalue weighted by Gasteiger charge is 2.62. The number of aromatic nitrogens is 1. The van der Waals surface area contributed by atoms with Crippen LogP contribution in [0.15, 0.2) is 30.9 Å². The first kappa shape index (κ1) is 48.4. The summed E-state index contributed by atoms with van der Waals surface area (Å²) in [7, 11) is 0.313. The molecule has 1 aromatic carbocycles. The molecule has 3 aliphatic carbocycles. The number of esters is 1. The number of carbonyl (C=O) groups excluding carboxylic acids is 4. The van der Waals surface area contributed by atoms with Crippen molar-refractivity contribution in [3.63, 3.8) is 0 Å². The second-order valence-electron chi connectivity index (χ2n) is 22.1. The van der Waals surface area contributed by atoms with E-state index in [0.29, 0.717) is 43.7 Å². The molecule has 6 aliphatic rings. The zero-order valence-electron chi connectivity index (χ0n) is 40.4. The van der Waals surface area contributed by atoms with E-state index < -0.39 is 61.5 Å². The number of nitrogens with one attached hydrogen (secondary N) is 1. The van der Waals surface area contributed by atoms with Gasteiger partial charge in [0.2, 0.25) is 27.7 Å². The zero-order valence-corrected chi connectivity index (χ0v) is 41.2. The summed E-state index contributed by atoms with van der Waals surface area (Å²) in [6.45, 7) is 16.9. The number of sulfonamides is 1. The molecule has 5 fully saturated rings. The molecule has 362 valence electrons. The third kappa shape index (κ3) is 10.3. The molecule has 0 spiro atoms. The number of ether oxygens (including phenoxy) is 3. The maximum Gasteiger partial charge on any atom is 0.306 e. The lowest BCUT2D eigenvalue weighted by molar-refractivity contribution is -0.154. The Morgan fingerprint density at radius 1 is 1.08 bits per heavy atom. The largest absolute Gasteiger partial charge is 0.492 e. The van der Waals surface area contributed by atoms with Gasteiger partial charge in [-0.15, -0.1) is 6.58 Å². The number of carbonyl (C=O) groups is 4. The molecule has 2 amide bonds. The summed E-state index contributed by atoms with van der Waals surface area (Å²) in [5.74, 6) is -1.63. The highest BCUT2D eigenvalue weighted by Crippen LogP contribution is 2.57. The molecule has 14 nitrogen and oxygen atoms in total. The fourth-order valence-corrected chi connectivity index (χ4v) is 12.0. The van der Waals surface area contributed by atoms with E-state index in [4.69, 9.17) is 19.2 Å². The Hall–Kier alpha value is -4.08. The minimum Gasteiger partial charge on any atom is -0.492 e. The number of hydrogen-bond acceptors (Lipinski definition) is 12. The number of nitrogens with zero attached hydrogens (tertiary/aromatic N) is 4.